The number of carbonyl (C=O) groups excluding carboxylic acids is 1. The van der Waals surface area contributed by atoms with Gasteiger partial charge in [0.15, 0.2) is 22.7 Å². The smallest absolute Gasteiger partial charge is 0.287 e. The predicted octanol–water partition coefficient (Wildman–Crippen LogP) is 3.22. The van der Waals surface area contributed by atoms with Crippen LogP contribution >= 0.6 is 0 Å². The summed E-state index contributed by atoms with van der Waals surface area (Å²) in [6.45, 7) is 4.77. The Morgan fingerprint density at radius 1 is 1.06 bits per heavy atom. The molecule has 0 aliphatic carbocycles. The molecule has 0 radical (unpaired) electrons. The Balaban J connectivity index is 1.19. The molecule has 2 aromatic carbocycles. The van der Waals surface area contributed by atoms with Crippen molar-refractivity contribution in [3.63, 3.8) is 0 Å². The molecule has 2 aliphatic rings. The van der Waals surface area contributed by atoms with Crippen molar-refractivity contribution in [2.24, 2.45) is 0 Å². The maximum absolute atomic E-state index is 12.7. The number of aryl methyl sites for hydroxylation is 1. The molecule has 7 heteroatoms. The van der Waals surface area contributed by atoms with Crippen molar-refractivity contribution in [1.82, 2.24) is 10.2 Å². The summed E-state index contributed by atoms with van der Waals surface area (Å²) in [5.41, 5.74) is 2.39. The normalized spacial score (nSPS) is 16.5. The summed E-state index contributed by atoms with van der Waals surface area (Å²) in [6.07, 6.45) is 1.68. The van der Waals surface area contributed by atoms with E-state index in [1.165, 1.54) is 11.6 Å². The predicted molar refractivity (Wildman–Crippen MR) is 116 cm³/mol. The molecule has 0 bridgehead atoms. The van der Waals surface area contributed by atoms with Crippen molar-refractivity contribution in [3.05, 3.63) is 69.6 Å². The van der Waals surface area contributed by atoms with E-state index in [4.69, 9.17) is 13.9 Å². The van der Waals surface area contributed by atoms with Crippen LogP contribution in [0.5, 0.6) is 11.5 Å². The maximum atomic E-state index is 12.7. The van der Waals surface area contributed by atoms with Gasteiger partial charge in [0.05, 0.1) is 5.39 Å². The number of nitrogens with one attached hydrogen (secondary N) is 1. The minimum absolute atomic E-state index is 0.0551. The number of ether oxygens (including phenoxy) is 2. The Labute approximate surface area is 179 Å². The Bertz CT molecular complexity index is 1190. The third kappa shape index (κ3) is 4.14. The van der Waals surface area contributed by atoms with Crippen LogP contribution in [0.1, 0.15) is 34.5 Å². The molecule has 1 N–H and O–H groups in total. The molecule has 1 fully saturated rings. The first-order valence-corrected chi connectivity index (χ1v) is 10.5. The van der Waals surface area contributed by atoms with Gasteiger partial charge in [-0.05, 0) is 49.6 Å². The van der Waals surface area contributed by atoms with E-state index in [2.05, 4.69) is 16.3 Å². The van der Waals surface area contributed by atoms with Gasteiger partial charge >= 0.3 is 0 Å². The molecule has 2 aliphatic heterocycles. The third-order valence-electron chi connectivity index (χ3n) is 5.87. The summed E-state index contributed by atoms with van der Waals surface area (Å²) in [6, 6.07) is 12.7. The molecule has 3 heterocycles. The van der Waals surface area contributed by atoms with Crippen LogP contribution in [0.4, 0.5) is 0 Å². The van der Waals surface area contributed by atoms with E-state index in [0.717, 1.165) is 49.5 Å². The molecule has 5 rings (SSSR count). The number of likely N-dealkylation sites (tertiary alicyclic amines) is 1. The van der Waals surface area contributed by atoms with E-state index in [0.29, 0.717) is 11.0 Å². The molecule has 1 saturated heterocycles. The lowest BCUT2D eigenvalue weighted by Gasteiger charge is -2.32. The zero-order valence-corrected chi connectivity index (χ0v) is 17.3. The van der Waals surface area contributed by atoms with Crippen LogP contribution in [0.3, 0.4) is 0 Å². The Morgan fingerprint density at radius 2 is 1.87 bits per heavy atom. The number of nitrogens with zero attached hydrogens (tertiary/aromatic N) is 1. The molecule has 160 valence electrons. The van der Waals surface area contributed by atoms with Crippen molar-refractivity contribution in [2.75, 3.05) is 19.9 Å². The second-order valence-corrected chi connectivity index (χ2v) is 8.19. The SMILES string of the molecule is Cc1ccc2oc(C(=O)NC3CCN(Cc4ccc5c(c4)OCO5)CC3)cc(=O)c2c1. The molecule has 31 heavy (non-hydrogen) atoms. The highest BCUT2D eigenvalue weighted by atomic mass is 16.7. The molecule has 3 aromatic rings. The van der Waals surface area contributed by atoms with Crippen LogP contribution in [0.2, 0.25) is 0 Å². The highest BCUT2D eigenvalue weighted by Gasteiger charge is 2.23. The number of amides is 1. The fraction of sp³-hybridized carbons (Fsp3) is 0.333. The van der Waals surface area contributed by atoms with Gasteiger partial charge in [-0.1, -0.05) is 17.7 Å². The highest BCUT2D eigenvalue weighted by Crippen LogP contribution is 2.33. The van der Waals surface area contributed by atoms with Gasteiger partial charge in [0.2, 0.25) is 6.79 Å². The van der Waals surface area contributed by atoms with Crippen LogP contribution in [0, 0.1) is 6.92 Å². The monoisotopic (exact) mass is 420 g/mol. The lowest BCUT2D eigenvalue weighted by molar-refractivity contribution is 0.0881. The Hall–Kier alpha value is -3.32. The number of carbonyl (C=O) groups is 1. The van der Waals surface area contributed by atoms with E-state index < -0.39 is 0 Å². The fourth-order valence-electron chi connectivity index (χ4n) is 4.17. The quantitative estimate of drug-likeness (QED) is 0.698. The zero-order chi connectivity index (χ0) is 21.4. The molecule has 0 spiro atoms. The minimum Gasteiger partial charge on any atom is -0.454 e. The first kappa shape index (κ1) is 19.6. The summed E-state index contributed by atoms with van der Waals surface area (Å²) in [4.78, 5) is 27.4. The zero-order valence-electron chi connectivity index (χ0n) is 17.3. The standard InChI is InChI=1S/C24H24N2O5/c1-15-2-4-20-18(10-15)19(27)12-23(31-20)24(28)25-17-6-8-26(9-7-17)13-16-3-5-21-22(11-16)30-14-29-21/h2-5,10-12,17H,6-9,13-14H2,1H3,(H,25,28). The average molecular weight is 420 g/mol. The topological polar surface area (TPSA) is 81.0 Å². The molecule has 1 aromatic heterocycles. The average Bonchev–Trinajstić information content (AvgIpc) is 3.23. The second-order valence-electron chi connectivity index (χ2n) is 8.19. The van der Waals surface area contributed by atoms with Crippen LogP contribution in [0.25, 0.3) is 11.0 Å². The molecular formula is C24H24N2O5. The van der Waals surface area contributed by atoms with Crippen LogP contribution < -0.4 is 20.2 Å². The van der Waals surface area contributed by atoms with Gasteiger partial charge in [-0.2, -0.15) is 0 Å². The van der Waals surface area contributed by atoms with Gasteiger partial charge in [0, 0.05) is 31.7 Å². The van der Waals surface area contributed by atoms with Gasteiger partial charge in [-0.15, -0.1) is 0 Å². The van der Waals surface area contributed by atoms with Crippen LogP contribution in [-0.4, -0.2) is 36.7 Å². The first-order valence-electron chi connectivity index (χ1n) is 10.5. The maximum Gasteiger partial charge on any atom is 0.287 e. The minimum atomic E-state index is -0.339. The van der Waals surface area contributed by atoms with E-state index in [1.807, 2.05) is 25.1 Å². The van der Waals surface area contributed by atoms with Crippen LogP contribution in [-0.2, 0) is 6.54 Å². The summed E-state index contributed by atoms with van der Waals surface area (Å²) in [7, 11) is 0. The number of hydrogen-bond donors (Lipinski definition) is 1. The third-order valence-corrected chi connectivity index (χ3v) is 5.87. The molecule has 0 unspecified atom stereocenters. The van der Waals surface area contributed by atoms with Gasteiger partial charge in [0.25, 0.3) is 5.91 Å². The number of rotatable bonds is 4. The lowest BCUT2D eigenvalue weighted by Crippen LogP contribution is -2.44. The van der Waals surface area contributed by atoms with Crippen molar-refractivity contribution < 1.29 is 18.7 Å². The molecule has 0 saturated carbocycles. The molecule has 7 nitrogen and oxygen atoms in total. The second kappa shape index (κ2) is 8.07. The molecular weight excluding hydrogens is 396 g/mol. The highest BCUT2D eigenvalue weighted by molar-refractivity contribution is 5.93. The summed E-state index contributed by atoms with van der Waals surface area (Å²) >= 11 is 0. The number of piperidine rings is 1. The van der Waals surface area contributed by atoms with E-state index >= 15 is 0 Å². The number of benzene rings is 2. The lowest BCUT2D eigenvalue weighted by atomic mass is 10.0. The largest absolute Gasteiger partial charge is 0.454 e. The van der Waals surface area contributed by atoms with Gasteiger partial charge in [0.1, 0.15) is 5.58 Å². The summed E-state index contributed by atoms with van der Waals surface area (Å²) < 4.78 is 16.5. The van der Waals surface area contributed by atoms with E-state index in [1.54, 1.807) is 12.1 Å². The molecule has 1 amide bonds. The van der Waals surface area contributed by atoms with Crippen molar-refractivity contribution in [2.45, 2.75) is 32.4 Å². The van der Waals surface area contributed by atoms with Gasteiger partial charge in [-0.25, -0.2) is 0 Å². The van der Waals surface area contributed by atoms with Crippen molar-refractivity contribution in [3.8, 4) is 11.5 Å². The van der Waals surface area contributed by atoms with Crippen molar-refractivity contribution >= 4 is 16.9 Å². The molecule has 0 atom stereocenters. The first-order chi connectivity index (χ1) is 15.0. The summed E-state index contributed by atoms with van der Waals surface area (Å²) in [5.74, 6) is 1.31. The Morgan fingerprint density at radius 3 is 2.71 bits per heavy atom. The Kier molecular flexibility index (Phi) is 5.11. The van der Waals surface area contributed by atoms with E-state index in [9.17, 15) is 9.59 Å². The van der Waals surface area contributed by atoms with Crippen molar-refractivity contribution in [1.29, 1.82) is 0 Å². The van der Waals surface area contributed by atoms with Gasteiger partial charge in [-0.3, -0.25) is 14.5 Å². The van der Waals surface area contributed by atoms with Gasteiger partial charge < -0.3 is 19.2 Å². The number of hydrogen-bond acceptors (Lipinski definition) is 6. The number of fused-ring (bicyclic) bond motifs is 2. The van der Waals surface area contributed by atoms with Crippen LogP contribution in [0.15, 0.2) is 51.7 Å². The fourth-order valence-corrected chi connectivity index (χ4v) is 4.17. The summed E-state index contributed by atoms with van der Waals surface area (Å²) in [5, 5.41) is 3.52. The van der Waals surface area contributed by atoms with E-state index in [-0.39, 0.29) is 29.9 Å².